The summed E-state index contributed by atoms with van der Waals surface area (Å²) < 4.78 is 11.1. The number of rotatable bonds is 9. The number of aromatic nitrogens is 1. The zero-order valence-corrected chi connectivity index (χ0v) is 26.6. The number of piperidine rings is 1. The second kappa shape index (κ2) is 13.4. The molecule has 1 aliphatic carbocycles. The predicted octanol–water partition coefficient (Wildman–Crippen LogP) is 3.05. The summed E-state index contributed by atoms with van der Waals surface area (Å²) >= 11 is 0. The van der Waals surface area contributed by atoms with Gasteiger partial charge in [0.1, 0.15) is 0 Å². The number of fused-ring (bicyclic) bond motifs is 5. The number of morpholine rings is 2. The molecule has 1 aromatic heterocycles. The second-order valence-corrected chi connectivity index (χ2v) is 13.8. The Morgan fingerprint density at radius 3 is 2.49 bits per heavy atom. The van der Waals surface area contributed by atoms with Gasteiger partial charge in [0.2, 0.25) is 17.7 Å². The Balaban J connectivity index is 1.21. The fourth-order valence-electron chi connectivity index (χ4n) is 8.97. The van der Waals surface area contributed by atoms with Crippen molar-refractivity contribution in [3.8, 4) is 0 Å². The van der Waals surface area contributed by atoms with Gasteiger partial charge in [-0.05, 0) is 43.2 Å². The van der Waals surface area contributed by atoms with Gasteiger partial charge in [-0.1, -0.05) is 43.9 Å². The molecule has 1 unspecified atom stereocenters. The first-order valence-electron chi connectivity index (χ1n) is 17.4. The molecule has 4 aliphatic heterocycles. The lowest BCUT2D eigenvalue weighted by Gasteiger charge is -2.56. The number of benzene rings is 1. The van der Waals surface area contributed by atoms with Gasteiger partial charge >= 0.3 is 0 Å². The molecule has 2 N–H and O–H groups in total. The third-order valence-electron chi connectivity index (χ3n) is 11.3. The number of nitrogens with zero attached hydrogens (tertiary/aromatic N) is 3. The van der Waals surface area contributed by atoms with E-state index in [4.69, 9.17) is 9.47 Å². The number of H-pyrrole nitrogens is 1. The van der Waals surface area contributed by atoms with Crippen molar-refractivity contribution in [3.63, 3.8) is 0 Å². The molecular weight excluding hydrogens is 570 g/mol. The number of para-hydroxylation sites is 1. The van der Waals surface area contributed by atoms with Gasteiger partial charge in [-0.2, -0.15) is 0 Å². The maximum absolute atomic E-state index is 14.7. The number of hydrogen-bond acceptors (Lipinski definition) is 6. The number of ether oxygens (including phenoxy) is 2. The Bertz CT molecular complexity index is 1380. The van der Waals surface area contributed by atoms with Gasteiger partial charge in [0.05, 0.1) is 37.9 Å². The Kier molecular flexibility index (Phi) is 9.15. The molecule has 0 radical (unpaired) electrons. The number of aromatic amines is 1. The SMILES string of the molecule is O=C(CC1C[C@H](C(=O)N2CCOCC2)[C@@]2(CCC3CCCC3)c3[nH]c4ccccc4c3CCN2C1=O)NCCN1CCOCC1. The highest BCUT2D eigenvalue weighted by Crippen LogP contribution is 2.53. The third-order valence-corrected chi connectivity index (χ3v) is 11.3. The summed E-state index contributed by atoms with van der Waals surface area (Å²) in [5.41, 5.74) is 2.63. The van der Waals surface area contributed by atoms with Gasteiger partial charge in [0, 0.05) is 74.7 Å². The number of hydrogen-bond donors (Lipinski definition) is 2. The minimum atomic E-state index is -0.745. The Morgan fingerprint density at radius 2 is 1.71 bits per heavy atom. The van der Waals surface area contributed by atoms with Crippen LogP contribution in [-0.2, 0) is 35.8 Å². The fourth-order valence-corrected chi connectivity index (χ4v) is 8.97. The molecule has 0 bridgehead atoms. The molecule has 3 atom stereocenters. The average Bonchev–Trinajstić information content (AvgIpc) is 3.74. The van der Waals surface area contributed by atoms with E-state index < -0.39 is 17.4 Å². The average molecular weight is 620 g/mol. The molecule has 45 heavy (non-hydrogen) atoms. The van der Waals surface area contributed by atoms with E-state index >= 15 is 0 Å². The molecule has 2 aromatic rings. The van der Waals surface area contributed by atoms with E-state index in [0.29, 0.717) is 51.7 Å². The summed E-state index contributed by atoms with van der Waals surface area (Å²) in [4.78, 5) is 52.6. The Hall–Kier alpha value is -2.95. The van der Waals surface area contributed by atoms with Gasteiger partial charge in [-0.15, -0.1) is 0 Å². The standard InChI is InChI=1S/C35H49N5O5/c41-31(36-12-14-38-15-19-44-20-16-38)24-26-23-29(34(43)39-17-21-45-22-18-39)35(11-9-25-5-1-2-6-25)32-28(10-13-40(35)33(26)42)27-7-3-4-8-30(27)37-32/h3-4,7-8,25-26,29,37H,1-2,5-6,9-24H2,(H,36,41)/t26?,29-,35+/m1/s1. The Labute approximate surface area is 266 Å². The highest BCUT2D eigenvalue weighted by atomic mass is 16.5. The van der Waals surface area contributed by atoms with Crippen molar-refractivity contribution >= 4 is 28.6 Å². The van der Waals surface area contributed by atoms with Gasteiger partial charge < -0.3 is 29.6 Å². The zero-order valence-electron chi connectivity index (χ0n) is 26.6. The molecule has 7 rings (SSSR count). The molecule has 1 saturated carbocycles. The molecule has 10 nitrogen and oxygen atoms in total. The van der Waals surface area contributed by atoms with Crippen LogP contribution in [0.4, 0.5) is 0 Å². The van der Waals surface area contributed by atoms with E-state index in [0.717, 1.165) is 63.3 Å². The normalized spacial score (nSPS) is 27.9. The smallest absolute Gasteiger partial charge is 0.228 e. The lowest BCUT2D eigenvalue weighted by Crippen LogP contribution is -2.66. The summed E-state index contributed by atoms with van der Waals surface area (Å²) in [6.45, 7) is 7.26. The van der Waals surface area contributed by atoms with Crippen molar-refractivity contribution in [1.29, 1.82) is 0 Å². The summed E-state index contributed by atoms with van der Waals surface area (Å²) in [7, 11) is 0. The first kappa shape index (κ1) is 30.7. The first-order chi connectivity index (χ1) is 22.0. The van der Waals surface area contributed by atoms with Gasteiger partial charge in [-0.3, -0.25) is 19.3 Å². The summed E-state index contributed by atoms with van der Waals surface area (Å²) in [5, 5.41) is 4.27. The van der Waals surface area contributed by atoms with Crippen LogP contribution < -0.4 is 5.32 Å². The monoisotopic (exact) mass is 619 g/mol. The third kappa shape index (κ3) is 6.01. The van der Waals surface area contributed by atoms with Crippen LogP contribution in [0.25, 0.3) is 10.9 Å². The molecule has 1 aromatic carbocycles. The van der Waals surface area contributed by atoms with E-state index in [2.05, 4.69) is 38.3 Å². The summed E-state index contributed by atoms with van der Waals surface area (Å²) in [5.74, 6) is -0.297. The summed E-state index contributed by atoms with van der Waals surface area (Å²) in [6.07, 6.45) is 7.98. The van der Waals surface area contributed by atoms with E-state index in [9.17, 15) is 14.4 Å². The van der Waals surface area contributed by atoms with Gasteiger partial charge in [0.25, 0.3) is 0 Å². The van der Waals surface area contributed by atoms with Gasteiger partial charge in [0.15, 0.2) is 0 Å². The number of nitrogens with one attached hydrogen (secondary N) is 2. The number of carbonyl (C=O) groups excluding carboxylic acids is 3. The maximum Gasteiger partial charge on any atom is 0.228 e. The molecular formula is C35H49N5O5. The van der Waals surface area contributed by atoms with Crippen molar-refractivity contribution in [3.05, 3.63) is 35.5 Å². The van der Waals surface area contributed by atoms with Crippen LogP contribution in [0.2, 0.25) is 0 Å². The largest absolute Gasteiger partial charge is 0.379 e. The van der Waals surface area contributed by atoms with Crippen molar-refractivity contribution in [2.24, 2.45) is 17.8 Å². The Morgan fingerprint density at radius 1 is 0.978 bits per heavy atom. The lowest BCUT2D eigenvalue weighted by molar-refractivity contribution is -0.169. The van der Waals surface area contributed by atoms with Crippen molar-refractivity contribution in [2.75, 3.05) is 72.2 Å². The van der Waals surface area contributed by atoms with Crippen LogP contribution >= 0.6 is 0 Å². The van der Waals surface area contributed by atoms with Crippen molar-refractivity contribution in [1.82, 2.24) is 25.0 Å². The number of carbonyl (C=O) groups is 3. The van der Waals surface area contributed by atoms with Crippen molar-refractivity contribution in [2.45, 2.75) is 63.3 Å². The van der Waals surface area contributed by atoms with E-state index in [1.807, 2.05) is 11.0 Å². The molecule has 3 amide bonds. The lowest BCUT2D eigenvalue weighted by atomic mass is 9.64. The minimum absolute atomic E-state index is 0.0279. The summed E-state index contributed by atoms with van der Waals surface area (Å²) in [6, 6.07) is 8.39. The van der Waals surface area contributed by atoms with Crippen LogP contribution in [0, 0.1) is 17.8 Å². The van der Waals surface area contributed by atoms with E-state index in [1.165, 1.54) is 36.6 Å². The fraction of sp³-hybridized carbons (Fsp3) is 0.686. The van der Waals surface area contributed by atoms with Crippen LogP contribution in [0.5, 0.6) is 0 Å². The van der Waals surface area contributed by atoms with Crippen LogP contribution in [0.1, 0.15) is 62.6 Å². The molecule has 4 fully saturated rings. The highest BCUT2D eigenvalue weighted by molar-refractivity contribution is 5.93. The van der Waals surface area contributed by atoms with Crippen LogP contribution in [0.15, 0.2) is 24.3 Å². The molecule has 3 saturated heterocycles. The molecule has 5 heterocycles. The molecule has 0 spiro atoms. The minimum Gasteiger partial charge on any atom is -0.379 e. The van der Waals surface area contributed by atoms with Crippen LogP contribution in [-0.4, -0.2) is 110 Å². The predicted molar refractivity (Wildman–Crippen MR) is 170 cm³/mol. The maximum atomic E-state index is 14.7. The van der Waals surface area contributed by atoms with E-state index in [1.54, 1.807) is 0 Å². The first-order valence-corrected chi connectivity index (χ1v) is 17.4. The quantitative estimate of drug-likeness (QED) is 0.447. The molecule has 10 heteroatoms. The zero-order chi connectivity index (χ0) is 30.8. The molecule has 244 valence electrons. The highest BCUT2D eigenvalue weighted by Gasteiger charge is 2.59. The second-order valence-electron chi connectivity index (χ2n) is 13.8. The molecule has 5 aliphatic rings. The van der Waals surface area contributed by atoms with Crippen molar-refractivity contribution < 1.29 is 23.9 Å². The van der Waals surface area contributed by atoms with Crippen LogP contribution in [0.3, 0.4) is 0 Å². The topological polar surface area (TPSA) is 107 Å². The number of amides is 3. The van der Waals surface area contributed by atoms with Gasteiger partial charge in [-0.25, -0.2) is 0 Å². The van der Waals surface area contributed by atoms with E-state index in [-0.39, 0.29) is 24.1 Å².